The molecule has 1 unspecified atom stereocenters. The molecule has 1 aliphatic rings. The maximum atomic E-state index is 13.5. The number of aromatic nitrogens is 1. The van der Waals surface area contributed by atoms with Crippen LogP contribution in [0.4, 0.5) is 9.18 Å². The number of urea groups is 1. The number of nitrogens with zero attached hydrogens (tertiary/aromatic N) is 4. The third kappa shape index (κ3) is 5.53. The summed E-state index contributed by atoms with van der Waals surface area (Å²) in [6, 6.07) is 9.14. The van der Waals surface area contributed by atoms with E-state index in [2.05, 4.69) is 10.4 Å². The molecule has 0 fully saturated rings. The van der Waals surface area contributed by atoms with Crippen molar-refractivity contribution >= 4 is 17.6 Å². The zero-order valence-corrected chi connectivity index (χ0v) is 18.9. The number of ether oxygens (including phenoxy) is 1. The highest BCUT2D eigenvalue weighted by Gasteiger charge is 2.35. The van der Waals surface area contributed by atoms with Gasteiger partial charge in [-0.3, -0.25) is 4.79 Å². The monoisotopic (exact) mass is 443 g/mol. The Hall–Kier alpha value is -3.20. The molecule has 9 heteroatoms. The molecule has 3 rings (SSSR count). The average molecular weight is 444 g/mol. The SMILES string of the molecule is COCCN(CC(=O)N1N=C(c2cccn2C)CC1c1ccc(F)cc1)C(=O)NC(C)C. The van der Waals surface area contributed by atoms with Gasteiger partial charge in [-0.1, -0.05) is 12.1 Å². The van der Waals surface area contributed by atoms with Gasteiger partial charge in [-0.05, 0) is 43.7 Å². The number of carbonyl (C=O) groups is 2. The van der Waals surface area contributed by atoms with Crippen LogP contribution in [0.1, 0.15) is 37.6 Å². The first-order valence-corrected chi connectivity index (χ1v) is 10.6. The van der Waals surface area contributed by atoms with E-state index in [1.807, 2.05) is 43.8 Å². The Morgan fingerprint density at radius 1 is 1.28 bits per heavy atom. The molecule has 3 amide bonds. The Balaban J connectivity index is 1.87. The molecule has 32 heavy (non-hydrogen) atoms. The van der Waals surface area contributed by atoms with Crippen LogP contribution in [-0.4, -0.2) is 65.0 Å². The van der Waals surface area contributed by atoms with Gasteiger partial charge in [0.05, 0.1) is 24.1 Å². The largest absolute Gasteiger partial charge is 0.383 e. The van der Waals surface area contributed by atoms with Crippen molar-refractivity contribution in [1.29, 1.82) is 0 Å². The van der Waals surface area contributed by atoms with E-state index in [-0.39, 0.29) is 42.9 Å². The summed E-state index contributed by atoms with van der Waals surface area (Å²) in [5.41, 5.74) is 2.44. The minimum absolute atomic E-state index is 0.0663. The number of hydrogen-bond acceptors (Lipinski definition) is 4. The third-order valence-corrected chi connectivity index (χ3v) is 5.25. The van der Waals surface area contributed by atoms with E-state index in [4.69, 9.17) is 4.74 Å². The number of benzene rings is 1. The van der Waals surface area contributed by atoms with E-state index in [9.17, 15) is 14.0 Å². The van der Waals surface area contributed by atoms with Gasteiger partial charge >= 0.3 is 6.03 Å². The number of carbonyl (C=O) groups excluding carboxylic acids is 2. The van der Waals surface area contributed by atoms with Crippen LogP contribution in [0, 0.1) is 5.82 Å². The predicted octanol–water partition coefficient (Wildman–Crippen LogP) is 2.91. The fourth-order valence-corrected chi connectivity index (χ4v) is 3.63. The van der Waals surface area contributed by atoms with Crippen LogP contribution in [0.5, 0.6) is 0 Å². The Kier molecular flexibility index (Phi) is 7.63. The molecule has 1 aromatic heterocycles. The lowest BCUT2D eigenvalue weighted by Gasteiger charge is -2.27. The van der Waals surface area contributed by atoms with Crippen LogP contribution < -0.4 is 5.32 Å². The number of hydrogen-bond donors (Lipinski definition) is 1. The molecule has 0 saturated carbocycles. The fourth-order valence-electron chi connectivity index (χ4n) is 3.63. The highest BCUT2D eigenvalue weighted by atomic mass is 19.1. The van der Waals surface area contributed by atoms with Crippen molar-refractivity contribution in [3.05, 3.63) is 59.7 Å². The van der Waals surface area contributed by atoms with E-state index < -0.39 is 0 Å². The number of hydrazone groups is 1. The van der Waals surface area contributed by atoms with E-state index in [1.54, 1.807) is 19.2 Å². The average Bonchev–Trinajstić information content (AvgIpc) is 3.37. The molecule has 0 spiro atoms. The lowest BCUT2D eigenvalue weighted by Crippen LogP contribution is -2.48. The van der Waals surface area contributed by atoms with Gasteiger partial charge in [-0.2, -0.15) is 5.10 Å². The Morgan fingerprint density at radius 2 is 2.00 bits per heavy atom. The third-order valence-electron chi connectivity index (χ3n) is 5.25. The Morgan fingerprint density at radius 3 is 2.59 bits per heavy atom. The summed E-state index contributed by atoms with van der Waals surface area (Å²) < 4.78 is 20.5. The van der Waals surface area contributed by atoms with Crippen molar-refractivity contribution in [1.82, 2.24) is 19.8 Å². The van der Waals surface area contributed by atoms with E-state index in [1.165, 1.54) is 22.0 Å². The van der Waals surface area contributed by atoms with Crippen LogP contribution in [0.15, 0.2) is 47.7 Å². The van der Waals surface area contributed by atoms with Crippen LogP contribution in [-0.2, 0) is 16.6 Å². The molecule has 1 atom stereocenters. The normalized spacial score (nSPS) is 15.8. The number of methoxy groups -OCH3 is 1. The number of amides is 3. The van der Waals surface area contributed by atoms with Crippen molar-refractivity contribution in [2.45, 2.75) is 32.4 Å². The van der Waals surface area contributed by atoms with E-state index >= 15 is 0 Å². The van der Waals surface area contributed by atoms with Crippen molar-refractivity contribution in [2.75, 3.05) is 26.8 Å². The van der Waals surface area contributed by atoms with Crippen molar-refractivity contribution in [3.63, 3.8) is 0 Å². The zero-order valence-electron chi connectivity index (χ0n) is 18.9. The fraction of sp³-hybridized carbons (Fsp3) is 0.435. The molecular weight excluding hydrogens is 413 g/mol. The quantitative estimate of drug-likeness (QED) is 0.681. The Labute approximate surface area is 187 Å². The van der Waals surface area contributed by atoms with Gasteiger partial charge in [-0.25, -0.2) is 14.2 Å². The lowest BCUT2D eigenvalue weighted by atomic mass is 10.0. The molecule has 0 saturated heterocycles. The van der Waals surface area contributed by atoms with Crippen LogP contribution in [0.2, 0.25) is 0 Å². The molecule has 1 aromatic carbocycles. The summed E-state index contributed by atoms with van der Waals surface area (Å²) in [7, 11) is 3.46. The maximum Gasteiger partial charge on any atom is 0.318 e. The number of rotatable bonds is 8. The second kappa shape index (κ2) is 10.4. The molecule has 1 aliphatic heterocycles. The highest BCUT2D eigenvalue weighted by molar-refractivity contribution is 6.02. The summed E-state index contributed by atoms with van der Waals surface area (Å²) in [6.45, 7) is 4.14. The zero-order chi connectivity index (χ0) is 23.3. The van der Waals surface area contributed by atoms with Crippen molar-refractivity contribution in [3.8, 4) is 0 Å². The highest BCUT2D eigenvalue weighted by Crippen LogP contribution is 2.33. The molecule has 1 N–H and O–H groups in total. The van der Waals surface area contributed by atoms with Gasteiger partial charge in [0.15, 0.2) is 0 Å². The van der Waals surface area contributed by atoms with Gasteiger partial charge in [0.25, 0.3) is 5.91 Å². The second-order valence-corrected chi connectivity index (χ2v) is 8.08. The minimum Gasteiger partial charge on any atom is -0.383 e. The number of nitrogens with one attached hydrogen (secondary N) is 1. The standard InChI is InChI=1S/C23H30FN5O3/c1-16(2)25-23(31)28(12-13-32-4)15-22(30)29-21(17-7-9-18(24)10-8-17)14-19(26-29)20-6-5-11-27(20)3/h5-11,16,21H,12-15H2,1-4H3,(H,25,31). The predicted molar refractivity (Wildman–Crippen MR) is 120 cm³/mol. The number of aryl methyl sites for hydroxylation is 1. The first-order chi connectivity index (χ1) is 15.3. The summed E-state index contributed by atoms with van der Waals surface area (Å²) in [4.78, 5) is 27.4. The van der Waals surface area contributed by atoms with Crippen LogP contribution in [0.25, 0.3) is 0 Å². The molecule has 8 nitrogen and oxygen atoms in total. The molecule has 0 aliphatic carbocycles. The van der Waals surface area contributed by atoms with Gasteiger partial charge < -0.3 is 19.5 Å². The smallest absolute Gasteiger partial charge is 0.318 e. The van der Waals surface area contributed by atoms with E-state index in [0.717, 1.165) is 17.0 Å². The summed E-state index contributed by atoms with van der Waals surface area (Å²) in [5, 5.41) is 8.85. The van der Waals surface area contributed by atoms with Crippen LogP contribution >= 0.6 is 0 Å². The number of halogens is 1. The van der Waals surface area contributed by atoms with Gasteiger partial charge in [-0.15, -0.1) is 0 Å². The maximum absolute atomic E-state index is 13.5. The second-order valence-electron chi connectivity index (χ2n) is 8.08. The molecular formula is C23H30FN5O3. The van der Waals surface area contributed by atoms with Crippen LogP contribution in [0.3, 0.4) is 0 Å². The molecule has 2 heterocycles. The summed E-state index contributed by atoms with van der Waals surface area (Å²) in [5.74, 6) is -0.664. The van der Waals surface area contributed by atoms with Gasteiger partial charge in [0.2, 0.25) is 0 Å². The molecule has 2 aromatic rings. The first-order valence-electron chi connectivity index (χ1n) is 10.6. The first kappa shape index (κ1) is 23.5. The van der Waals surface area contributed by atoms with Crippen molar-refractivity contribution in [2.24, 2.45) is 12.1 Å². The molecule has 0 radical (unpaired) electrons. The Bertz CT molecular complexity index is 970. The summed E-state index contributed by atoms with van der Waals surface area (Å²) >= 11 is 0. The molecule has 172 valence electrons. The van der Waals surface area contributed by atoms with Crippen molar-refractivity contribution < 1.29 is 18.7 Å². The minimum atomic E-state index is -0.384. The molecule has 0 bridgehead atoms. The topological polar surface area (TPSA) is 79.2 Å². The van der Waals surface area contributed by atoms with Gasteiger partial charge in [0.1, 0.15) is 12.4 Å². The lowest BCUT2D eigenvalue weighted by molar-refractivity contribution is -0.133. The summed E-state index contributed by atoms with van der Waals surface area (Å²) in [6.07, 6.45) is 2.41. The van der Waals surface area contributed by atoms with Gasteiger partial charge in [0, 0.05) is 39.4 Å². The van der Waals surface area contributed by atoms with E-state index in [0.29, 0.717) is 13.0 Å².